The minimum atomic E-state index is 0.513. The van der Waals surface area contributed by atoms with E-state index >= 15 is 0 Å². The SMILES string of the molecule is CNCc1c(Cl)cccc1OCc1ccncc1. The summed E-state index contributed by atoms with van der Waals surface area (Å²) in [6.07, 6.45) is 3.51. The molecule has 18 heavy (non-hydrogen) atoms. The number of nitrogens with zero attached hydrogens (tertiary/aromatic N) is 1. The van der Waals surface area contributed by atoms with Crippen LogP contribution in [0.1, 0.15) is 11.1 Å². The summed E-state index contributed by atoms with van der Waals surface area (Å²) in [4.78, 5) is 3.97. The van der Waals surface area contributed by atoms with Gasteiger partial charge in [0.2, 0.25) is 0 Å². The van der Waals surface area contributed by atoms with Crippen molar-refractivity contribution in [3.05, 3.63) is 58.9 Å². The molecular formula is C14H15ClN2O. The maximum Gasteiger partial charge on any atom is 0.125 e. The Morgan fingerprint density at radius 1 is 1.22 bits per heavy atom. The van der Waals surface area contributed by atoms with E-state index in [1.807, 2.05) is 37.4 Å². The van der Waals surface area contributed by atoms with Crippen molar-refractivity contribution in [3.8, 4) is 5.75 Å². The highest BCUT2D eigenvalue weighted by atomic mass is 35.5. The summed E-state index contributed by atoms with van der Waals surface area (Å²) >= 11 is 6.16. The highest BCUT2D eigenvalue weighted by Gasteiger charge is 2.07. The van der Waals surface area contributed by atoms with Gasteiger partial charge in [0.1, 0.15) is 12.4 Å². The van der Waals surface area contributed by atoms with E-state index in [-0.39, 0.29) is 0 Å². The second kappa shape index (κ2) is 6.38. The monoisotopic (exact) mass is 262 g/mol. The fraction of sp³-hybridized carbons (Fsp3) is 0.214. The molecule has 0 aliphatic rings. The molecule has 1 heterocycles. The predicted octanol–water partition coefficient (Wildman–Crippen LogP) is 3.03. The molecule has 0 saturated heterocycles. The average molecular weight is 263 g/mol. The molecule has 0 spiro atoms. The van der Waals surface area contributed by atoms with E-state index < -0.39 is 0 Å². The zero-order valence-electron chi connectivity index (χ0n) is 10.2. The van der Waals surface area contributed by atoms with Crippen LogP contribution in [0.4, 0.5) is 0 Å². The predicted molar refractivity (Wildman–Crippen MR) is 72.8 cm³/mol. The van der Waals surface area contributed by atoms with Crippen LogP contribution in [0.25, 0.3) is 0 Å². The van der Waals surface area contributed by atoms with Crippen LogP contribution in [0.2, 0.25) is 5.02 Å². The van der Waals surface area contributed by atoms with Gasteiger partial charge < -0.3 is 10.1 Å². The van der Waals surface area contributed by atoms with Crippen LogP contribution >= 0.6 is 11.6 Å². The van der Waals surface area contributed by atoms with Gasteiger partial charge in [0.15, 0.2) is 0 Å². The third-order valence-electron chi connectivity index (χ3n) is 2.57. The summed E-state index contributed by atoms with van der Waals surface area (Å²) in [5.74, 6) is 0.814. The Morgan fingerprint density at radius 3 is 2.72 bits per heavy atom. The molecule has 1 N–H and O–H groups in total. The zero-order valence-corrected chi connectivity index (χ0v) is 10.9. The van der Waals surface area contributed by atoms with Gasteiger partial charge in [-0.15, -0.1) is 0 Å². The Labute approximate surface area is 112 Å². The summed E-state index contributed by atoms with van der Waals surface area (Å²) in [7, 11) is 1.88. The second-order valence-electron chi connectivity index (χ2n) is 3.89. The molecule has 0 amide bonds. The third-order valence-corrected chi connectivity index (χ3v) is 2.93. The highest BCUT2D eigenvalue weighted by Crippen LogP contribution is 2.26. The number of hydrogen-bond acceptors (Lipinski definition) is 3. The van der Waals surface area contributed by atoms with Crippen LogP contribution in [-0.2, 0) is 13.2 Å². The van der Waals surface area contributed by atoms with Crippen LogP contribution in [-0.4, -0.2) is 12.0 Å². The minimum Gasteiger partial charge on any atom is -0.489 e. The van der Waals surface area contributed by atoms with Gasteiger partial charge in [0.05, 0.1) is 0 Å². The van der Waals surface area contributed by atoms with Crippen LogP contribution in [0.5, 0.6) is 5.75 Å². The van der Waals surface area contributed by atoms with Crippen LogP contribution in [0, 0.1) is 0 Å². The molecule has 0 aliphatic carbocycles. The quantitative estimate of drug-likeness (QED) is 0.899. The van der Waals surface area contributed by atoms with Crippen molar-refractivity contribution in [2.45, 2.75) is 13.2 Å². The summed E-state index contributed by atoms with van der Waals surface area (Å²) in [5.41, 5.74) is 2.07. The van der Waals surface area contributed by atoms with E-state index in [0.717, 1.165) is 21.9 Å². The summed E-state index contributed by atoms with van der Waals surface area (Å²) in [6, 6.07) is 9.56. The first-order valence-corrected chi connectivity index (χ1v) is 6.12. The lowest BCUT2D eigenvalue weighted by Gasteiger charge is -2.12. The summed E-state index contributed by atoms with van der Waals surface area (Å²) in [5, 5.41) is 3.81. The Balaban J connectivity index is 2.11. The molecule has 0 aliphatic heterocycles. The lowest BCUT2D eigenvalue weighted by molar-refractivity contribution is 0.302. The first-order chi connectivity index (χ1) is 8.81. The smallest absolute Gasteiger partial charge is 0.125 e. The van der Waals surface area contributed by atoms with Crippen LogP contribution < -0.4 is 10.1 Å². The highest BCUT2D eigenvalue weighted by molar-refractivity contribution is 6.31. The molecule has 1 aromatic carbocycles. The maximum absolute atomic E-state index is 6.16. The number of benzene rings is 1. The molecule has 1 aromatic heterocycles. The van der Waals surface area contributed by atoms with Gasteiger partial charge in [-0.2, -0.15) is 0 Å². The summed E-state index contributed by atoms with van der Waals surface area (Å²) in [6.45, 7) is 1.20. The molecule has 0 radical (unpaired) electrons. The van der Waals surface area contributed by atoms with E-state index in [2.05, 4.69) is 10.3 Å². The van der Waals surface area contributed by atoms with Gasteiger partial charge in [0, 0.05) is 29.5 Å². The number of nitrogens with one attached hydrogen (secondary N) is 1. The first-order valence-electron chi connectivity index (χ1n) is 5.75. The van der Waals surface area contributed by atoms with Gasteiger partial charge in [-0.1, -0.05) is 17.7 Å². The van der Waals surface area contributed by atoms with E-state index in [9.17, 15) is 0 Å². The van der Waals surface area contributed by atoms with Crippen LogP contribution in [0.15, 0.2) is 42.7 Å². The molecule has 94 valence electrons. The van der Waals surface area contributed by atoms with Gasteiger partial charge in [-0.05, 0) is 36.9 Å². The van der Waals surface area contributed by atoms with E-state index in [1.165, 1.54) is 0 Å². The third kappa shape index (κ3) is 3.22. The standard InChI is InChI=1S/C14H15ClN2O/c1-16-9-12-13(15)3-2-4-14(12)18-10-11-5-7-17-8-6-11/h2-8,16H,9-10H2,1H3. The molecule has 0 bridgehead atoms. The number of ether oxygens (including phenoxy) is 1. The van der Waals surface area contributed by atoms with Gasteiger partial charge in [0.25, 0.3) is 0 Å². The van der Waals surface area contributed by atoms with Crippen molar-refractivity contribution >= 4 is 11.6 Å². The topological polar surface area (TPSA) is 34.1 Å². The van der Waals surface area contributed by atoms with Crippen molar-refractivity contribution in [1.29, 1.82) is 0 Å². The van der Waals surface area contributed by atoms with Crippen molar-refractivity contribution in [1.82, 2.24) is 10.3 Å². The van der Waals surface area contributed by atoms with E-state index in [0.29, 0.717) is 13.2 Å². The molecular weight excluding hydrogens is 248 g/mol. The molecule has 2 aromatic rings. The van der Waals surface area contributed by atoms with E-state index in [1.54, 1.807) is 12.4 Å². The average Bonchev–Trinajstić information content (AvgIpc) is 2.41. The number of aromatic nitrogens is 1. The Morgan fingerprint density at radius 2 is 2.00 bits per heavy atom. The molecule has 0 unspecified atom stereocenters. The van der Waals surface area contributed by atoms with Gasteiger partial charge in [-0.3, -0.25) is 4.98 Å². The lowest BCUT2D eigenvalue weighted by atomic mass is 10.2. The van der Waals surface area contributed by atoms with Gasteiger partial charge in [-0.25, -0.2) is 0 Å². The minimum absolute atomic E-state index is 0.513. The molecule has 0 fully saturated rings. The molecule has 4 heteroatoms. The van der Waals surface area contributed by atoms with Crippen molar-refractivity contribution in [2.75, 3.05) is 7.05 Å². The Bertz CT molecular complexity index is 502. The Kier molecular flexibility index (Phi) is 4.56. The number of rotatable bonds is 5. The molecule has 2 rings (SSSR count). The van der Waals surface area contributed by atoms with E-state index in [4.69, 9.17) is 16.3 Å². The Hall–Kier alpha value is -1.58. The number of hydrogen-bond donors (Lipinski definition) is 1. The molecule has 3 nitrogen and oxygen atoms in total. The maximum atomic E-state index is 6.16. The summed E-state index contributed by atoms with van der Waals surface area (Å²) < 4.78 is 5.80. The number of halogens is 1. The first kappa shape index (κ1) is 12.9. The van der Waals surface area contributed by atoms with Crippen LogP contribution in [0.3, 0.4) is 0 Å². The second-order valence-corrected chi connectivity index (χ2v) is 4.30. The largest absolute Gasteiger partial charge is 0.489 e. The van der Waals surface area contributed by atoms with Crippen molar-refractivity contribution < 1.29 is 4.74 Å². The molecule has 0 saturated carbocycles. The number of pyridine rings is 1. The van der Waals surface area contributed by atoms with Crippen molar-refractivity contribution in [3.63, 3.8) is 0 Å². The zero-order chi connectivity index (χ0) is 12.8. The fourth-order valence-electron chi connectivity index (χ4n) is 1.66. The normalized spacial score (nSPS) is 10.3. The lowest BCUT2D eigenvalue weighted by Crippen LogP contribution is -2.08. The molecule has 0 atom stereocenters. The van der Waals surface area contributed by atoms with Gasteiger partial charge >= 0.3 is 0 Å². The van der Waals surface area contributed by atoms with Crippen molar-refractivity contribution in [2.24, 2.45) is 0 Å². The fourth-order valence-corrected chi connectivity index (χ4v) is 1.90.